The SMILES string of the molecule is CCN(CC)S(=O)(=O)c1ccc(C(=O)NCc2nn[nH]n2)cc1. The molecule has 1 aromatic carbocycles. The van der Waals surface area contributed by atoms with Gasteiger partial charge in [0.1, 0.15) is 0 Å². The highest BCUT2D eigenvalue weighted by molar-refractivity contribution is 7.89. The molecule has 0 bridgehead atoms. The summed E-state index contributed by atoms with van der Waals surface area (Å²) in [6.45, 7) is 4.48. The van der Waals surface area contributed by atoms with Gasteiger partial charge in [0.05, 0.1) is 11.4 Å². The first kappa shape index (κ1) is 17.0. The Morgan fingerprint density at radius 2 is 1.87 bits per heavy atom. The van der Waals surface area contributed by atoms with Crippen LogP contribution >= 0.6 is 0 Å². The van der Waals surface area contributed by atoms with Crippen molar-refractivity contribution in [3.63, 3.8) is 0 Å². The van der Waals surface area contributed by atoms with Crippen molar-refractivity contribution in [3.8, 4) is 0 Å². The van der Waals surface area contributed by atoms with Crippen molar-refractivity contribution in [1.29, 1.82) is 0 Å². The summed E-state index contributed by atoms with van der Waals surface area (Å²) in [6, 6.07) is 5.80. The Morgan fingerprint density at radius 1 is 1.22 bits per heavy atom. The van der Waals surface area contributed by atoms with Gasteiger partial charge in [-0.15, -0.1) is 10.2 Å². The molecule has 0 radical (unpaired) electrons. The Kier molecular flexibility index (Phi) is 5.40. The van der Waals surface area contributed by atoms with E-state index in [2.05, 4.69) is 25.9 Å². The third kappa shape index (κ3) is 3.90. The van der Waals surface area contributed by atoms with Gasteiger partial charge in [-0.2, -0.15) is 9.52 Å². The average molecular weight is 338 g/mol. The van der Waals surface area contributed by atoms with Crippen LogP contribution in [0.25, 0.3) is 0 Å². The van der Waals surface area contributed by atoms with E-state index in [1.165, 1.54) is 28.6 Å². The van der Waals surface area contributed by atoms with Gasteiger partial charge in [-0.25, -0.2) is 8.42 Å². The summed E-state index contributed by atoms with van der Waals surface area (Å²) in [6.07, 6.45) is 0. The molecule has 1 aromatic heterocycles. The monoisotopic (exact) mass is 338 g/mol. The fraction of sp³-hybridized carbons (Fsp3) is 0.385. The first-order chi connectivity index (χ1) is 11.0. The number of aromatic amines is 1. The predicted molar refractivity (Wildman–Crippen MR) is 81.9 cm³/mol. The Morgan fingerprint density at radius 3 is 2.39 bits per heavy atom. The van der Waals surface area contributed by atoms with Crippen LogP contribution in [-0.4, -0.2) is 52.3 Å². The van der Waals surface area contributed by atoms with Crippen LogP contribution in [0, 0.1) is 0 Å². The van der Waals surface area contributed by atoms with Crippen LogP contribution in [0.3, 0.4) is 0 Å². The van der Waals surface area contributed by atoms with E-state index >= 15 is 0 Å². The number of carbonyl (C=O) groups is 1. The number of tetrazole rings is 1. The van der Waals surface area contributed by atoms with Crippen molar-refractivity contribution in [2.45, 2.75) is 25.3 Å². The minimum absolute atomic E-state index is 0.134. The highest BCUT2D eigenvalue weighted by Gasteiger charge is 2.21. The van der Waals surface area contributed by atoms with Gasteiger partial charge in [0, 0.05) is 18.7 Å². The van der Waals surface area contributed by atoms with E-state index in [0.29, 0.717) is 24.5 Å². The molecule has 0 atom stereocenters. The van der Waals surface area contributed by atoms with Crippen LogP contribution in [0.2, 0.25) is 0 Å². The topological polar surface area (TPSA) is 121 Å². The van der Waals surface area contributed by atoms with Gasteiger partial charge in [-0.3, -0.25) is 4.79 Å². The molecule has 1 heterocycles. The number of rotatable bonds is 7. The Labute approximate surface area is 134 Å². The minimum Gasteiger partial charge on any atom is -0.345 e. The van der Waals surface area contributed by atoms with E-state index in [-0.39, 0.29) is 17.3 Å². The maximum absolute atomic E-state index is 12.4. The van der Waals surface area contributed by atoms with Crippen LogP contribution in [0.15, 0.2) is 29.2 Å². The number of benzene rings is 1. The highest BCUT2D eigenvalue weighted by Crippen LogP contribution is 2.16. The fourth-order valence-electron chi connectivity index (χ4n) is 2.01. The number of H-pyrrole nitrogens is 1. The molecule has 124 valence electrons. The van der Waals surface area contributed by atoms with Gasteiger partial charge in [0.25, 0.3) is 5.91 Å². The summed E-state index contributed by atoms with van der Waals surface area (Å²) in [5.74, 6) is 0.0145. The second kappa shape index (κ2) is 7.29. The van der Waals surface area contributed by atoms with Gasteiger partial charge in [0.15, 0.2) is 5.82 Å². The van der Waals surface area contributed by atoms with Crippen LogP contribution in [0.4, 0.5) is 0 Å². The van der Waals surface area contributed by atoms with E-state index in [0.717, 1.165) is 0 Å². The summed E-state index contributed by atoms with van der Waals surface area (Å²) in [7, 11) is -3.52. The maximum atomic E-state index is 12.4. The molecule has 1 amide bonds. The van der Waals surface area contributed by atoms with Crippen molar-refractivity contribution in [1.82, 2.24) is 30.2 Å². The number of sulfonamides is 1. The average Bonchev–Trinajstić information content (AvgIpc) is 3.07. The van der Waals surface area contributed by atoms with Gasteiger partial charge in [-0.1, -0.05) is 19.1 Å². The molecular formula is C13H18N6O3S. The standard InChI is InChI=1S/C13H18N6O3S/c1-3-19(4-2)23(21,22)11-7-5-10(6-8-11)13(20)14-9-12-15-17-18-16-12/h5-8H,3-4,9H2,1-2H3,(H,14,20)(H,15,16,17,18). The minimum atomic E-state index is -3.52. The van der Waals surface area contributed by atoms with Gasteiger partial charge in [0.2, 0.25) is 10.0 Å². The normalized spacial score (nSPS) is 11.6. The van der Waals surface area contributed by atoms with E-state index in [9.17, 15) is 13.2 Å². The van der Waals surface area contributed by atoms with E-state index in [4.69, 9.17) is 0 Å². The summed E-state index contributed by atoms with van der Waals surface area (Å²) >= 11 is 0. The van der Waals surface area contributed by atoms with Crippen LogP contribution in [0.1, 0.15) is 30.0 Å². The third-order valence-corrected chi connectivity index (χ3v) is 5.32. The molecule has 0 aliphatic carbocycles. The van der Waals surface area contributed by atoms with Crippen molar-refractivity contribution >= 4 is 15.9 Å². The molecule has 0 saturated heterocycles. The second-order valence-electron chi connectivity index (χ2n) is 4.62. The third-order valence-electron chi connectivity index (χ3n) is 3.26. The molecule has 0 fully saturated rings. The smallest absolute Gasteiger partial charge is 0.251 e. The lowest BCUT2D eigenvalue weighted by atomic mass is 10.2. The zero-order chi connectivity index (χ0) is 16.9. The molecule has 0 saturated carbocycles. The van der Waals surface area contributed by atoms with Crippen molar-refractivity contribution in [3.05, 3.63) is 35.7 Å². The number of carbonyl (C=O) groups excluding carboxylic acids is 1. The largest absolute Gasteiger partial charge is 0.345 e. The van der Waals surface area contributed by atoms with Crippen LogP contribution in [-0.2, 0) is 16.6 Å². The predicted octanol–water partition coefficient (Wildman–Crippen LogP) is 0.160. The Balaban J connectivity index is 2.08. The number of nitrogens with zero attached hydrogens (tertiary/aromatic N) is 4. The fourth-order valence-corrected chi connectivity index (χ4v) is 3.47. The molecular weight excluding hydrogens is 320 g/mol. The quantitative estimate of drug-likeness (QED) is 0.742. The number of amides is 1. The van der Waals surface area contributed by atoms with Crippen LogP contribution in [0.5, 0.6) is 0 Å². The molecule has 10 heteroatoms. The van der Waals surface area contributed by atoms with Crippen molar-refractivity contribution in [2.75, 3.05) is 13.1 Å². The van der Waals surface area contributed by atoms with E-state index < -0.39 is 10.0 Å². The van der Waals surface area contributed by atoms with Crippen LogP contribution < -0.4 is 5.32 Å². The molecule has 0 unspecified atom stereocenters. The number of hydrogen-bond acceptors (Lipinski definition) is 6. The molecule has 2 N–H and O–H groups in total. The zero-order valence-electron chi connectivity index (χ0n) is 12.9. The highest BCUT2D eigenvalue weighted by atomic mass is 32.2. The summed E-state index contributed by atoms with van der Waals surface area (Å²) < 4.78 is 26.1. The van der Waals surface area contributed by atoms with Gasteiger partial charge < -0.3 is 5.32 Å². The second-order valence-corrected chi connectivity index (χ2v) is 6.56. The molecule has 0 spiro atoms. The lowest BCUT2D eigenvalue weighted by Crippen LogP contribution is -2.30. The van der Waals surface area contributed by atoms with Crippen molar-refractivity contribution in [2.24, 2.45) is 0 Å². The molecule has 9 nitrogen and oxygen atoms in total. The van der Waals surface area contributed by atoms with Gasteiger partial charge in [-0.05, 0) is 24.3 Å². The summed E-state index contributed by atoms with van der Waals surface area (Å²) in [5.41, 5.74) is 0.354. The maximum Gasteiger partial charge on any atom is 0.251 e. The first-order valence-electron chi connectivity index (χ1n) is 7.09. The number of nitrogens with one attached hydrogen (secondary N) is 2. The molecule has 0 aliphatic rings. The molecule has 23 heavy (non-hydrogen) atoms. The van der Waals surface area contributed by atoms with E-state index in [1.54, 1.807) is 13.8 Å². The van der Waals surface area contributed by atoms with E-state index in [1.807, 2.05) is 0 Å². The van der Waals surface area contributed by atoms with Gasteiger partial charge >= 0.3 is 0 Å². The lowest BCUT2D eigenvalue weighted by molar-refractivity contribution is 0.0950. The number of aromatic nitrogens is 4. The zero-order valence-corrected chi connectivity index (χ0v) is 13.7. The summed E-state index contributed by atoms with van der Waals surface area (Å²) in [4.78, 5) is 12.2. The lowest BCUT2D eigenvalue weighted by Gasteiger charge is -2.18. The Bertz CT molecular complexity index is 739. The first-order valence-corrected chi connectivity index (χ1v) is 8.53. The summed E-state index contributed by atoms with van der Waals surface area (Å²) in [5, 5.41) is 15.7. The molecule has 2 rings (SSSR count). The molecule has 0 aliphatic heterocycles. The Hall–Kier alpha value is -2.33. The number of hydrogen-bond donors (Lipinski definition) is 2. The van der Waals surface area contributed by atoms with Crippen molar-refractivity contribution < 1.29 is 13.2 Å². The molecule has 2 aromatic rings.